The molecule has 34 heavy (non-hydrogen) atoms. The van der Waals surface area contributed by atoms with Gasteiger partial charge in [0.2, 0.25) is 0 Å². The van der Waals surface area contributed by atoms with Gasteiger partial charge in [0.25, 0.3) is 0 Å². The van der Waals surface area contributed by atoms with E-state index in [0.29, 0.717) is 34.4 Å². The Balaban J connectivity index is 1.66. The summed E-state index contributed by atoms with van der Waals surface area (Å²) < 4.78 is 56.4. The van der Waals surface area contributed by atoms with Crippen LogP contribution in [0.2, 0.25) is 0 Å². The van der Waals surface area contributed by atoms with Gasteiger partial charge in [-0.3, -0.25) is 4.79 Å². The average molecular weight is 465 g/mol. The van der Waals surface area contributed by atoms with Crippen molar-refractivity contribution >= 4 is 17.3 Å². The number of carbonyl (C=O) groups is 1. The number of aromatic amines is 1. The molecule has 0 amide bonds. The zero-order valence-corrected chi connectivity index (χ0v) is 17.6. The molecule has 0 fully saturated rings. The molecular formula is C24H15F4N5O. The normalized spacial score (nSPS) is 11.8. The molecule has 0 unspecified atom stereocenters. The highest BCUT2D eigenvalue weighted by Gasteiger charge is 2.34. The van der Waals surface area contributed by atoms with Crippen molar-refractivity contribution in [1.82, 2.24) is 24.7 Å². The van der Waals surface area contributed by atoms with Gasteiger partial charge in [-0.2, -0.15) is 13.2 Å². The molecule has 0 bridgehead atoms. The summed E-state index contributed by atoms with van der Waals surface area (Å²) in [5.41, 5.74) is 1.10. The molecule has 0 aliphatic rings. The highest BCUT2D eigenvalue weighted by atomic mass is 19.4. The summed E-state index contributed by atoms with van der Waals surface area (Å²) in [6, 6.07) is 13.3. The predicted molar refractivity (Wildman–Crippen MR) is 117 cm³/mol. The van der Waals surface area contributed by atoms with Crippen molar-refractivity contribution in [2.24, 2.45) is 7.05 Å². The minimum atomic E-state index is -4.66. The van der Waals surface area contributed by atoms with E-state index in [0.717, 1.165) is 6.07 Å². The molecular weight excluding hydrogens is 450 g/mol. The Labute approximate surface area is 189 Å². The first-order valence-electron chi connectivity index (χ1n) is 10.1. The second-order valence-corrected chi connectivity index (χ2v) is 7.70. The molecule has 0 atom stereocenters. The lowest BCUT2D eigenvalue weighted by Gasteiger charge is -2.10. The molecule has 0 saturated carbocycles. The number of aryl methyl sites for hydroxylation is 1. The smallest absolute Gasteiger partial charge is 0.337 e. The topological polar surface area (TPSA) is 76.5 Å². The zero-order chi connectivity index (χ0) is 24.0. The Bertz CT molecular complexity index is 1550. The quantitative estimate of drug-likeness (QED) is 0.274. The fourth-order valence-corrected chi connectivity index (χ4v) is 3.88. The van der Waals surface area contributed by atoms with E-state index in [2.05, 4.69) is 20.2 Å². The number of hydrogen-bond donors (Lipinski definition) is 1. The molecule has 3 aromatic carbocycles. The van der Waals surface area contributed by atoms with Crippen LogP contribution in [0.3, 0.4) is 0 Å². The van der Waals surface area contributed by atoms with Gasteiger partial charge in [0.1, 0.15) is 24.3 Å². The molecule has 5 aromatic rings. The second-order valence-electron chi connectivity index (χ2n) is 7.70. The third kappa shape index (κ3) is 3.72. The number of benzene rings is 3. The van der Waals surface area contributed by atoms with Crippen LogP contribution in [0.5, 0.6) is 0 Å². The standard InChI is InChI=1S/C24H15F4N5O/c1-33-12-29-32-23(33)18-10-16(25)5-6-17(18)14-3-2-4-15(9-14)22-30-20-8-13(11-34)7-19(21(20)31-22)24(26,27)28/h2-12H,1H3,(H,30,31). The van der Waals surface area contributed by atoms with E-state index < -0.39 is 17.6 Å². The minimum absolute atomic E-state index is 0.0267. The number of H-pyrrole nitrogens is 1. The minimum Gasteiger partial charge on any atom is -0.337 e. The number of fused-ring (bicyclic) bond motifs is 1. The van der Waals surface area contributed by atoms with Gasteiger partial charge >= 0.3 is 6.18 Å². The second kappa shape index (κ2) is 7.91. The molecule has 170 valence electrons. The van der Waals surface area contributed by atoms with Gasteiger partial charge in [-0.15, -0.1) is 10.2 Å². The first-order chi connectivity index (χ1) is 16.2. The number of hydrogen-bond acceptors (Lipinski definition) is 4. The number of aromatic nitrogens is 5. The zero-order valence-electron chi connectivity index (χ0n) is 17.6. The third-order valence-electron chi connectivity index (χ3n) is 5.44. The first kappa shape index (κ1) is 21.5. The Kier molecular flexibility index (Phi) is 5.00. The van der Waals surface area contributed by atoms with E-state index in [-0.39, 0.29) is 22.4 Å². The monoisotopic (exact) mass is 465 g/mol. The highest BCUT2D eigenvalue weighted by Crippen LogP contribution is 2.37. The van der Waals surface area contributed by atoms with Gasteiger partial charge in [0.15, 0.2) is 5.82 Å². The predicted octanol–water partition coefficient (Wildman–Crippen LogP) is 5.66. The molecule has 0 saturated heterocycles. The summed E-state index contributed by atoms with van der Waals surface area (Å²) in [7, 11) is 1.74. The maximum atomic E-state index is 14.1. The molecule has 5 rings (SSSR count). The Morgan fingerprint density at radius 1 is 1.00 bits per heavy atom. The average Bonchev–Trinajstić information content (AvgIpc) is 3.43. The first-order valence-corrected chi connectivity index (χ1v) is 10.1. The number of nitrogens with one attached hydrogen (secondary N) is 1. The van der Waals surface area contributed by atoms with E-state index >= 15 is 0 Å². The molecule has 0 spiro atoms. The summed E-state index contributed by atoms with van der Waals surface area (Å²) in [6.07, 6.45) is -2.81. The van der Waals surface area contributed by atoms with Crippen LogP contribution < -0.4 is 0 Å². The lowest BCUT2D eigenvalue weighted by atomic mass is 9.97. The van der Waals surface area contributed by atoms with Crippen LogP contribution in [-0.4, -0.2) is 31.0 Å². The number of alkyl halides is 3. The van der Waals surface area contributed by atoms with E-state index in [1.165, 1.54) is 24.5 Å². The number of halogens is 4. The third-order valence-corrected chi connectivity index (χ3v) is 5.44. The number of nitrogens with zero attached hydrogens (tertiary/aromatic N) is 4. The molecule has 0 radical (unpaired) electrons. The fraction of sp³-hybridized carbons (Fsp3) is 0.0833. The summed E-state index contributed by atoms with van der Waals surface area (Å²) in [4.78, 5) is 18.2. The Morgan fingerprint density at radius 2 is 1.79 bits per heavy atom. The Morgan fingerprint density at radius 3 is 2.50 bits per heavy atom. The van der Waals surface area contributed by atoms with E-state index in [4.69, 9.17) is 0 Å². The van der Waals surface area contributed by atoms with E-state index in [1.54, 1.807) is 41.9 Å². The Hall–Kier alpha value is -4.34. The molecule has 0 aliphatic carbocycles. The van der Waals surface area contributed by atoms with Gasteiger partial charge in [-0.05, 0) is 41.5 Å². The van der Waals surface area contributed by atoms with Gasteiger partial charge in [-0.1, -0.05) is 24.3 Å². The highest BCUT2D eigenvalue weighted by molar-refractivity contribution is 5.90. The van der Waals surface area contributed by atoms with Gasteiger partial charge in [0.05, 0.1) is 16.6 Å². The van der Waals surface area contributed by atoms with Crippen LogP contribution in [0, 0.1) is 5.82 Å². The van der Waals surface area contributed by atoms with Crippen molar-refractivity contribution in [3.8, 4) is 33.9 Å². The molecule has 10 heteroatoms. The molecule has 2 aromatic heterocycles. The van der Waals surface area contributed by atoms with Crippen molar-refractivity contribution in [3.05, 3.63) is 77.9 Å². The summed E-state index contributed by atoms with van der Waals surface area (Å²) in [6.45, 7) is 0. The van der Waals surface area contributed by atoms with Crippen LogP contribution in [0.15, 0.2) is 60.9 Å². The number of aldehydes is 1. The molecule has 0 aliphatic heterocycles. The SMILES string of the molecule is Cn1cnnc1-c1cc(F)ccc1-c1cccc(-c2nc3cc(C=O)cc(C(F)(F)F)c3[nH]2)c1. The van der Waals surface area contributed by atoms with Gasteiger partial charge in [0, 0.05) is 23.7 Å². The number of rotatable bonds is 4. The molecule has 1 N–H and O–H groups in total. The van der Waals surface area contributed by atoms with Crippen LogP contribution >= 0.6 is 0 Å². The lowest BCUT2D eigenvalue weighted by Crippen LogP contribution is -2.06. The van der Waals surface area contributed by atoms with Crippen molar-refractivity contribution in [2.75, 3.05) is 0 Å². The van der Waals surface area contributed by atoms with Crippen molar-refractivity contribution in [1.29, 1.82) is 0 Å². The molecule has 2 heterocycles. The fourth-order valence-electron chi connectivity index (χ4n) is 3.88. The van der Waals surface area contributed by atoms with Crippen LogP contribution in [0.4, 0.5) is 17.6 Å². The summed E-state index contributed by atoms with van der Waals surface area (Å²) in [5, 5.41) is 7.92. The van der Waals surface area contributed by atoms with Crippen LogP contribution in [-0.2, 0) is 13.2 Å². The molecule has 6 nitrogen and oxygen atoms in total. The van der Waals surface area contributed by atoms with Crippen LogP contribution in [0.1, 0.15) is 15.9 Å². The maximum absolute atomic E-state index is 14.1. The van der Waals surface area contributed by atoms with Crippen LogP contribution in [0.25, 0.3) is 44.9 Å². The van der Waals surface area contributed by atoms with E-state index in [1.807, 2.05) is 0 Å². The largest absolute Gasteiger partial charge is 0.418 e. The van der Waals surface area contributed by atoms with Crippen molar-refractivity contribution in [2.45, 2.75) is 6.18 Å². The number of carbonyl (C=O) groups excluding carboxylic acids is 1. The maximum Gasteiger partial charge on any atom is 0.418 e. The van der Waals surface area contributed by atoms with Gasteiger partial charge in [-0.25, -0.2) is 9.37 Å². The van der Waals surface area contributed by atoms with Crippen molar-refractivity contribution in [3.63, 3.8) is 0 Å². The summed E-state index contributed by atoms with van der Waals surface area (Å²) in [5.74, 6) is 0.216. The number of imidazole rings is 1. The van der Waals surface area contributed by atoms with Gasteiger partial charge < -0.3 is 9.55 Å². The van der Waals surface area contributed by atoms with Crippen molar-refractivity contribution < 1.29 is 22.4 Å². The van der Waals surface area contributed by atoms with E-state index in [9.17, 15) is 22.4 Å². The lowest BCUT2D eigenvalue weighted by molar-refractivity contribution is -0.136. The summed E-state index contributed by atoms with van der Waals surface area (Å²) >= 11 is 0.